The Labute approximate surface area is 99.3 Å². The highest BCUT2D eigenvalue weighted by Crippen LogP contribution is 2.18. The summed E-state index contributed by atoms with van der Waals surface area (Å²) < 4.78 is 6.73. The van der Waals surface area contributed by atoms with E-state index < -0.39 is 0 Å². The van der Waals surface area contributed by atoms with Crippen molar-refractivity contribution in [3.8, 4) is 0 Å². The Morgan fingerprint density at radius 2 is 2.29 bits per heavy atom. The Balaban J connectivity index is 1.50. The molecule has 2 heterocycles. The van der Waals surface area contributed by atoms with Gasteiger partial charge in [0, 0.05) is 12.2 Å². The molecule has 92 valence electrons. The summed E-state index contributed by atoms with van der Waals surface area (Å²) in [5.41, 5.74) is 0.942. The van der Waals surface area contributed by atoms with Gasteiger partial charge in [-0.15, -0.1) is 0 Å². The number of ether oxygens (including phenoxy) is 1. The fraction of sp³-hybridized carbons (Fsp3) is 0.636. The van der Waals surface area contributed by atoms with Gasteiger partial charge < -0.3 is 15.4 Å². The fourth-order valence-corrected chi connectivity index (χ4v) is 1.73. The third kappa shape index (κ3) is 2.76. The first-order valence-corrected chi connectivity index (χ1v) is 5.96. The minimum Gasteiger partial charge on any atom is -0.377 e. The molecule has 1 aromatic heterocycles. The van der Waals surface area contributed by atoms with E-state index in [4.69, 9.17) is 4.74 Å². The predicted octanol–water partition coefficient (Wildman–Crippen LogP) is -0.0276. The van der Waals surface area contributed by atoms with Crippen molar-refractivity contribution in [1.82, 2.24) is 15.1 Å². The van der Waals surface area contributed by atoms with Gasteiger partial charge in [0.05, 0.1) is 31.1 Å². The van der Waals surface area contributed by atoms with Crippen LogP contribution in [0.25, 0.3) is 0 Å². The molecule has 1 aliphatic heterocycles. The molecule has 0 aromatic carbocycles. The SMILES string of the molecule is O=C(Cn1cc(NC2COC2)cn1)NC1CC1. The second-order valence-electron chi connectivity index (χ2n) is 4.65. The Morgan fingerprint density at radius 3 is 2.94 bits per heavy atom. The molecule has 1 amide bonds. The van der Waals surface area contributed by atoms with Gasteiger partial charge in [0.1, 0.15) is 6.54 Å². The Hall–Kier alpha value is -1.56. The molecule has 1 aromatic rings. The average Bonchev–Trinajstić information content (AvgIpc) is 2.92. The Kier molecular flexibility index (Phi) is 2.72. The zero-order valence-electron chi connectivity index (χ0n) is 9.56. The van der Waals surface area contributed by atoms with Gasteiger partial charge >= 0.3 is 0 Å². The molecular weight excluding hydrogens is 220 g/mol. The second kappa shape index (κ2) is 4.37. The molecule has 0 bridgehead atoms. The number of nitrogens with zero attached hydrogens (tertiary/aromatic N) is 2. The topological polar surface area (TPSA) is 68.2 Å². The van der Waals surface area contributed by atoms with Crippen molar-refractivity contribution < 1.29 is 9.53 Å². The summed E-state index contributed by atoms with van der Waals surface area (Å²) in [7, 11) is 0. The van der Waals surface area contributed by atoms with E-state index in [2.05, 4.69) is 15.7 Å². The lowest BCUT2D eigenvalue weighted by molar-refractivity contribution is -0.122. The monoisotopic (exact) mass is 236 g/mol. The van der Waals surface area contributed by atoms with Crippen molar-refractivity contribution in [2.75, 3.05) is 18.5 Å². The van der Waals surface area contributed by atoms with E-state index in [0.717, 1.165) is 31.7 Å². The molecule has 2 fully saturated rings. The van der Waals surface area contributed by atoms with E-state index in [-0.39, 0.29) is 5.91 Å². The quantitative estimate of drug-likeness (QED) is 0.753. The maximum Gasteiger partial charge on any atom is 0.241 e. The molecular formula is C11H16N4O2. The van der Waals surface area contributed by atoms with Gasteiger partial charge in [0.25, 0.3) is 0 Å². The molecule has 0 radical (unpaired) electrons. The van der Waals surface area contributed by atoms with Crippen LogP contribution in [0.4, 0.5) is 5.69 Å². The van der Waals surface area contributed by atoms with Gasteiger partial charge in [-0.3, -0.25) is 9.48 Å². The third-order valence-corrected chi connectivity index (χ3v) is 2.89. The normalized spacial score (nSPS) is 19.8. The van der Waals surface area contributed by atoms with Crippen molar-refractivity contribution in [3.63, 3.8) is 0 Å². The highest BCUT2D eigenvalue weighted by Gasteiger charge is 2.23. The molecule has 1 saturated carbocycles. The highest BCUT2D eigenvalue weighted by molar-refractivity contribution is 5.76. The van der Waals surface area contributed by atoms with Crippen molar-refractivity contribution in [3.05, 3.63) is 12.4 Å². The predicted molar refractivity (Wildman–Crippen MR) is 61.6 cm³/mol. The number of hydrogen-bond donors (Lipinski definition) is 2. The van der Waals surface area contributed by atoms with Gasteiger partial charge in [-0.1, -0.05) is 0 Å². The average molecular weight is 236 g/mol. The molecule has 1 aliphatic carbocycles. The van der Waals surface area contributed by atoms with E-state index in [1.807, 2.05) is 6.20 Å². The van der Waals surface area contributed by atoms with E-state index in [9.17, 15) is 4.79 Å². The van der Waals surface area contributed by atoms with Crippen molar-refractivity contribution in [2.45, 2.75) is 31.5 Å². The standard InChI is InChI=1S/C11H16N4O2/c16-11(14-8-1-2-8)5-15-4-9(3-12-15)13-10-6-17-7-10/h3-4,8,10,13H,1-2,5-7H2,(H,14,16). The van der Waals surface area contributed by atoms with Crippen LogP contribution in [-0.2, 0) is 16.1 Å². The largest absolute Gasteiger partial charge is 0.377 e. The van der Waals surface area contributed by atoms with E-state index in [1.54, 1.807) is 10.9 Å². The Bertz CT molecular complexity index is 409. The van der Waals surface area contributed by atoms with Gasteiger partial charge in [-0.05, 0) is 12.8 Å². The van der Waals surface area contributed by atoms with Crippen LogP contribution in [0.3, 0.4) is 0 Å². The lowest BCUT2D eigenvalue weighted by Gasteiger charge is -2.26. The molecule has 6 nitrogen and oxygen atoms in total. The van der Waals surface area contributed by atoms with Crippen molar-refractivity contribution in [1.29, 1.82) is 0 Å². The van der Waals surface area contributed by atoms with Gasteiger partial charge in [0.15, 0.2) is 0 Å². The minimum atomic E-state index is 0.0362. The second-order valence-corrected chi connectivity index (χ2v) is 4.65. The van der Waals surface area contributed by atoms with Crippen LogP contribution in [0.5, 0.6) is 0 Å². The summed E-state index contributed by atoms with van der Waals surface area (Å²) >= 11 is 0. The van der Waals surface area contributed by atoms with Crippen LogP contribution in [0.2, 0.25) is 0 Å². The van der Waals surface area contributed by atoms with Crippen molar-refractivity contribution >= 4 is 11.6 Å². The van der Waals surface area contributed by atoms with Gasteiger partial charge in [-0.25, -0.2) is 0 Å². The van der Waals surface area contributed by atoms with Crippen LogP contribution in [0, 0.1) is 0 Å². The number of hydrogen-bond acceptors (Lipinski definition) is 4. The zero-order chi connectivity index (χ0) is 11.7. The first-order chi connectivity index (χ1) is 8.29. The number of anilines is 1. The van der Waals surface area contributed by atoms with Crippen LogP contribution in [0.1, 0.15) is 12.8 Å². The lowest BCUT2D eigenvalue weighted by Crippen LogP contribution is -2.40. The third-order valence-electron chi connectivity index (χ3n) is 2.89. The maximum absolute atomic E-state index is 11.5. The van der Waals surface area contributed by atoms with Crippen LogP contribution in [-0.4, -0.2) is 41.0 Å². The van der Waals surface area contributed by atoms with E-state index in [0.29, 0.717) is 18.6 Å². The lowest BCUT2D eigenvalue weighted by atomic mass is 10.2. The van der Waals surface area contributed by atoms with Gasteiger partial charge in [0.2, 0.25) is 5.91 Å². The molecule has 0 spiro atoms. The summed E-state index contributed by atoms with van der Waals surface area (Å²) in [6.45, 7) is 1.78. The number of aromatic nitrogens is 2. The molecule has 2 N–H and O–H groups in total. The fourth-order valence-electron chi connectivity index (χ4n) is 1.73. The highest BCUT2D eigenvalue weighted by atomic mass is 16.5. The van der Waals surface area contributed by atoms with Gasteiger partial charge in [-0.2, -0.15) is 5.10 Å². The molecule has 2 aliphatic rings. The summed E-state index contributed by atoms with van der Waals surface area (Å²) in [5.74, 6) is 0.0362. The molecule has 17 heavy (non-hydrogen) atoms. The van der Waals surface area contributed by atoms with E-state index in [1.165, 1.54) is 0 Å². The number of amides is 1. The van der Waals surface area contributed by atoms with E-state index >= 15 is 0 Å². The molecule has 0 atom stereocenters. The smallest absolute Gasteiger partial charge is 0.241 e. The summed E-state index contributed by atoms with van der Waals surface area (Å²) in [6, 6.07) is 0.788. The van der Waals surface area contributed by atoms with Crippen molar-refractivity contribution in [2.24, 2.45) is 0 Å². The molecule has 3 rings (SSSR count). The minimum absolute atomic E-state index is 0.0362. The number of rotatable bonds is 5. The maximum atomic E-state index is 11.5. The van der Waals surface area contributed by atoms with Crippen LogP contribution >= 0.6 is 0 Å². The number of nitrogens with one attached hydrogen (secondary N) is 2. The number of carbonyl (C=O) groups excluding carboxylic acids is 1. The Morgan fingerprint density at radius 1 is 1.47 bits per heavy atom. The zero-order valence-corrected chi connectivity index (χ0v) is 9.56. The summed E-state index contributed by atoms with van der Waals surface area (Å²) in [5, 5.41) is 10.4. The molecule has 1 saturated heterocycles. The summed E-state index contributed by atoms with van der Waals surface area (Å²) in [6.07, 6.45) is 5.81. The molecule has 6 heteroatoms. The van der Waals surface area contributed by atoms with Crippen LogP contribution in [0.15, 0.2) is 12.4 Å². The number of carbonyl (C=O) groups is 1. The first-order valence-electron chi connectivity index (χ1n) is 5.96. The first kappa shape index (κ1) is 10.6. The van der Waals surface area contributed by atoms with Crippen LogP contribution < -0.4 is 10.6 Å². The summed E-state index contributed by atoms with van der Waals surface area (Å²) in [4.78, 5) is 11.5. The molecule has 0 unspecified atom stereocenters.